The number of hydrogen-bond donors (Lipinski definition) is 0. The number of rotatable bonds is 8. The van der Waals surface area contributed by atoms with Crippen molar-refractivity contribution in [3.8, 4) is 0 Å². The van der Waals surface area contributed by atoms with Crippen molar-refractivity contribution in [2.24, 2.45) is 0 Å². The number of amides is 1. The molecule has 36 heavy (non-hydrogen) atoms. The second-order valence-corrected chi connectivity index (χ2v) is 10.6. The summed E-state index contributed by atoms with van der Waals surface area (Å²) in [6, 6.07) is 8.07. The lowest BCUT2D eigenvalue weighted by Crippen LogP contribution is -2.50. The lowest BCUT2D eigenvalue weighted by atomic mass is 9.88. The fourth-order valence-corrected chi connectivity index (χ4v) is 5.97. The summed E-state index contributed by atoms with van der Waals surface area (Å²) in [4.78, 5) is 27.8. The van der Waals surface area contributed by atoms with E-state index in [-0.39, 0.29) is 24.6 Å². The molecule has 2 saturated carbocycles. The van der Waals surface area contributed by atoms with Gasteiger partial charge in [0.1, 0.15) is 5.15 Å². The highest BCUT2D eigenvalue weighted by molar-refractivity contribution is 6.32. The van der Waals surface area contributed by atoms with Crippen LogP contribution in [0.4, 0.5) is 0 Å². The second-order valence-electron chi connectivity index (χ2n) is 9.86. The van der Waals surface area contributed by atoms with Crippen molar-refractivity contribution in [2.75, 3.05) is 6.61 Å². The monoisotopic (exact) mass is 531 g/mol. The van der Waals surface area contributed by atoms with Crippen LogP contribution in [0.25, 0.3) is 6.08 Å². The first-order valence-electron chi connectivity index (χ1n) is 13.1. The smallest absolute Gasteiger partial charge is 0.331 e. The van der Waals surface area contributed by atoms with Crippen LogP contribution in [-0.4, -0.2) is 45.2 Å². The number of carbonyl (C=O) groups excluding carboxylic acids is 2. The molecule has 0 saturated heterocycles. The Labute approximate surface area is 223 Å². The average Bonchev–Trinajstić information content (AvgIpc) is 3.16. The van der Waals surface area contributed by atoms with Crippen LogP contribution in [0, 0.1) is 6.92 Å². The van der Waals surface area contributed by atoms with E-state index in [1.54, 1.807) is 10.8 Å². The summed E-state index contributed by atoms with van der Waals surface area (Å²) in [5.74, 6) is -0.637. The molecule has 0 N–H and O–H groups in total. The Hall–Kier alpha value is -2.31. The van der Waals surface area contributed by atoms with Gasteiger partial charge in [-0.25, -0.2) is 9.48 Å². The highest BCUT2D eigenvalue weighted by Gasteiger charge is 2.32. The van der Waals surface area contributed by atoms with E-state index in [0.717, 1.165) is 56.9 Å². The highest BCUT2D eigenvalue weighted by Crippen LogP contribution is 2.30. The summed E-state index contributed by atoms with van der Waals surface area (Å²) in [5, 5.41) is 5.54. The van der Waals surface area contributed by atoms with Crippen molar-refractivity contribution in [3.05, 3.63) is 57.3 Å². The zero-order chi connectivity index (χ0) is 25.5. The molecule has 1 heterocycles. The summed E-state index contributed by atoms with van der Waals surface area (Å²) in [6.07, 6.45) is 14.2. The van der Waals surface area contributed by atoms with Gasteiger partial charge in [-0.3, -0.25) is 4.79 Å². The van der Waals surface area contributed by atoms with E-state index in [0.29, 0.717) is 28.0 Å². The van der Waals surface area contributed by atoms with E-state index in [1.807, 2.05) is 31.2 Å². The number of esters is 1. The molecule has 2 aromatic rings. The molecule has 0 unspecified atom stereocenters. The van der Waals surface area contributed by atoms with E-state index in [4.69, 9.17) is 27.9 Å². The van der Waals surface area contributed by atoms with E-state index in [2.05, 4.69) is 10.00 Å². The SMILES string of the molecule is Cc1nn(Cc2ccccc2Cl)c(Cl)c1C=CC(=O)OCC(=O)N(C1CCCCC1)C1CCCCC1. The summed E-state index contributed by atoms with van der Waals surface area (Å²) >= 11 is 12.8. The van der Waals surface area contributed by atoms with Gasteiger partial charge in [0, 0.05) is 28.7 Å². The van der Waals surface area contributed by atoms with Crippen molar-refractivity contribution in [1.29, 1.82) is 0 Å². The molecule has 2 fully saturated rings. The van der Waals surface area contributed by atoms with Gasteiger partial charge in [-0.15, -0.1) is 0 Å². The Morgan fingerprint density at radius 2 is 1.64 bits per heavy atom. The highest BCUT2D eigenvalue weighted by atomic mass is 35.5. The summed E-state index contributed by atoms with van der Waals surface area (Å²) in [5.41, 5.74) is 2.23. The zero-order valence-electron chi connectivity index (χ0n) is 20.9. The molecule has 1 aromatic carbocycles. The van der Waals surface area contributed by atoms with Crippen molar-refractivity contribution < 1.29 is 14.3 Å². The van der Waals surface area contributed by atoms with Gasteiger partial charge in [0.05, 0.1) is 12.2 Å². The molecule has 1 amide bonds. The predicted molar refractivity (Wildman–Crippen MR) is 143 cm³/mol. The Kier molecular flexibility index (Phi) is 9.49. The molecule has 1 aromatic heterocycles. The third kappa shape index (κ3) is 6.71. The first-order valence-corrected chi connectivity index (χ1v) is 13.8. The lowest BCUT2D eigenvalue weighted by molar-refractivity contribution is -0.152. The molecule has 0 spiro atoms. The average molecular weight is 533 g/mol. The van der Waals surface area contributed by atoms with Gasteiger partial charge in [-0.2, -0.15) is 5.10 Å². The quantitative estimate of drug-likeness (QED) is 0.284. The van der Waals surface area contributed by atoms with Gasteiger partial charge in [-0.1, -0.05) is 79.9 Å². The van der Waals surface area contributed by atoms with E-state index in [9.17, 15) is 9.59 Å². The summed E-state index contributed by atoms with van der Waals surface area (Å²) in [7, 11) is 0. The molecule has 4 rings (SSSR count). The van der Waals surface area contributed by atoms with Crippen LogP contribution < -0.4 is 0 Å². The van der Waals surface area contributed by atoms with Crippen molar-refractivity contribution in [1.82, 2.24) is 14.7 Å². The van der Waals surface area contributed by atoms with Crippen molar-refractivity contribution >= 4 is 41.2 Å². The third-order valence-corrected chi connectivity index (χ3v) is 8.10. The predicted octanol–water partition coefficient (Wildman–Crippen LogP) is 6.60. The number of aromatic nitrogens is 2. The normalized spacial score (nSPS) is 17.4. The maximum absolute atomic E-state index is 13.2. The molecule has 2 aliphatic rings. The minimum Gasteiger partial charge on any atom is -0.452 e. The van der Waals surface area contributed by atoms with Crippen LogP contribution in [0.2, 0.25) is 10.2 Å². The van der Waals surface area contributed by atoms with Crippen molar-refractivity contribution in [2.45, 2.75) is 89.8 Å². The Bertz CT molecular complexity index is 1070. The molecule has 194 valence electrons. The Morgan fingerprint density at radius 1 is 1.03 bits per heavy atom. The van der Waals surface area contributed by atoms with Crippen LogP contribution >= 0.6 is 23.2 Å². The zero-order valence-corrected chi connectivity index (χ0v) is 22.4. The van der Waals surface area contributed by atoms with E-state index in [1.165, 1.54) is 18.9 Å². The minimum atomic E-state index is -0.565. The molecular weight excluding hydrogens is 497 g/mol. The molecule has 0 aliphatic heterocycles. The van der Waals surface area contributed by atoms with E-state index < -0.39 is 5.97 Å². The molecule has 2 aliphatic carbocycles. The number of ether oxygens (including phenoxy) is 1. The fraction of sp³-hybridized carbons (Fsp3) is 0.536. The van der Waals surface area contributed by atoms with Gasteiger partial charge >= 0.3 is 5.97 Å². The van der Waals surface area contributed by atoms with Gasteiger partial charge in [0.15, 0.2) is 6.61 Å². The van der Waals surface area contributed by atoms with Crippen LogP contribution in [0.15, 0.2) is 30.3 Å². The van der Waals surface area contributed by atoms with Crippen LogP contribution in [0.5, 0.6) is 0 Å². The van der Waals surface area contributed by atoms with Gasteiger partial charge in [-0.05, 0) is 50.3 Å². The maximum atomic E-state index is 13.2. The van der Waals surface area contributed by atoms with Gasteiger partial charge < -0.3 is 9.64 Å². The first kappa shape index (κ1) is 26.7. The third-order valence-electron chi connectivity index (χ3n) is 7.34. The van der Waals surface area contributed by atoms with Crippen LogP contribution in [0.3, 0.4) is 0 Å². The number of hydrogen-bond acceptors (Lipinski definition) is 4. The van der Waals surface area contributed by atoms with Gasteiger partial charge in [0.25, 0.3) is 5.91 Å². The molecule has 6 nitrogen and oxygen atoms in total. The maximum Gasteiger partial charge on any atom is 0.331 e. The Morgan fingerprint density at radius 3 is 2.25 bits per heavy atom. The van der Waals surface area contributed by atoms with Crippen molar-refractivity contribution in [3.63, 3.8) is 0 Å². The molecule has 0 bridgehead atoms. The van der Waals surface area contributed by atoms with E-state index >= 15 is 0 Å². The molecule has 0 radical (unpaired) electrons. The summed E-state index contributed by atoms with van der Waals surface area (Å²) in [6.45, 7) is 2.02. The molecule has 8 heteroatoms. The summed E-state index contributed by atoms with van der Waals surface area (Å²) < 4.78 is 7.03. The Balaban J connectivity index is 1.37. The number of nitrogens with zero attached hydrogens (tertiary/aromatic N) is 3. The topological polar surface area (TPSA) is 64.4 Å². The number of aryl methyl sites for hydroxylation is 1. The van der Waals surface area contributed by atoms with Crippen LogP contribution in [0.1, 0.15) is 81.0 Å². The fourth-order valence-electron chi connectivity index (χ4n) is 5.48. The number of benzene rings is 1. The van der Waals surface area contributed by atoms with Gasteiger partial charge in [0.2, 0.25) is 0 Å². The van der Waals surface area contributed by atoms with Crippen LogP contribution in [-0.2, 0) is 20.9 Å². The minimum absolute atomic E-state index is 0.0719. The first-order chi connectivity index (χ1) is 17.4. The second kappa shape index (κ2) is 12.8. The molecular formula is C28H35Cl2N3O3. The largest absolute Gasteiger partial charge is 0.452 e. The standard InChI is InChI=1S/C28H35Cl2N3O3/c1-20-24(28(30)32(31-20)18-21-10-8-9-15-25(21)29)16-17-27(35)36-19-26(34)33(22-11-4-2-5-12-22)23-13-6-3-7-14-23/h8-10,15-17,22-23H,2-7,11-14,18-19H2,1H3. The lowest BCUT2D eigenvalue weighted by Gasteiger charge is -2.41. The number of carbonyl (C=O) groups is 2. The number of halogens is 2. The molecule has 0 atom stereocenters.